The van der Waals surface area contributed by atoms with Crippen LogP contribution < -0.4 is 0 Å². The lowest BCUT2D eigenvalue weighted by atomic mass is 10.0. The van der Waals surface area contributed by atoms with Gasteiger partial charge >= 0.3 is 6.18 Å². The molecule has 0 aliphatic heterocycles. The standard InChI is InChI=1S/C13H10F4O/c1-2-3-4-5-12(18)9-6-7-11(14)10(8-9)13(15,16)17/h6-8H,4-5H2,1H3. The molecule has 5 heteroatoms. The Balaban J connectivity index is 2.97. The topological polar surface area (TPSA) is 17.1 Å². The molecular formula is C13H10F4O. The average Bonchev–Trinajstić information content (AvgIpc) is 2.28. The third-order valence-corrected chi connectivity index (χ3v) is 2.25. The average molecular weight is 258 g/mol. The highest BCUT2D eigenvalue weighted by atomic mass is 19.4. The van der Waals surface area contributed by atoms with Crippen LogP contribution in [0.3, 0.4) is 0 Å². The van der Waals surface area contributed by atoms with Gasteiger partial charge in [0.15, 0.2) is 5.78 Å². The first-order valence-corrected chi connectivity index (χ1v) is 5.16. The highest BCUT2D eigenvalue weighted by Gasteiger charge is 2.34. The molecule has 0 saturated heterocycles. The SMILES string of the molecule is CC#CCCC(=O)c1ccc(F)c(C(F)(F)F)c1. The van der Waals surface area contributed by atoms with Crippen LogP contribution in [-0.4, -0.2) is 5.78 Å². The molecule has 1 aromatic carbocycles. The van der Waals surface area contributed by atoms with Crippen LogP contribution in [0.4, 0.5) is 17.6 Å². The number of Topliss-reactive ketones (excluding diaryl/α,β-unsaturated/α-hetero) is 1. The molecule has 1 nitrogen and oxygen atoms in total. The van der Waals surface area contributed by atoms with E-state index in [4.69, 9.17) is 0 Å². The molecule has 18 heavy (non-hydrogen) atoms. The van der Waals surface area contributed by atoms with Gasteiger partial charge in [-0.1, -0.05) is 0 Å². The second kappa shape index (κ2) is 5.67. The number of rotatable bonds is 3. The van der Waals surface area contributed by atoms with Crippen molar-refractivity contribution in [3.63, 3.8) is 0 Å². The van der Waals surface area contributed by atoms with E-state index in [-0.39, 0.29) is 18.4 Å². The van der Waals surface area contributed by atoms with Crippen LogP contribution in [0.25, 0.3) is 0 Å². The first-order chi connectivity index (χ1) is 8.36. The zero-order valence-electron chi connectivity index (χ0n) is 9.57. The smallest absolute Gasteiger partial charge is 0.294 e. The lowest BCUT2D eigenvalue weighted by molar-refractivity contribution is -0.140. The van der Waals surface area contributed by atoms with E-state index in [0.717, 1.165) is 6.07 Å². The number of ketones is 1. The van der Waals surface area contributed by atoms with E-state index in [0.29, 0.717) is 12.1 Å². The van der Waals surface area contributed by atoms with Gasteiger partial charge in [-0.15, -0.1) is 11.8 Å². The van der Waals surface area contributed by atoms with Gasteiger partial charge < -0.3 is 0 Å². The molecule has 0 radical (unpaired) electrons. The largest absolute Gasteiger partial charge is 0.419 e. The maximum absolute atomic E-state index is 13.0. The zero-order valence-corrected chi connectivity index (χ0v) is 9.57. The quantitative estimate of drug-likeness (QED) is 0.457. The van der Waals surface area contributed by atoms with E-state index in [1.54, 1.807) is 6.92 Å². The molecule has 0 fully saturated rings. The van der Waals surface area contributed by atoms with Crippen molar-refractivity contribution in [2.75, 3.05) is 0 Å². The van der Waals surface area contributed by atoms with Gasteiger partial charge in [-0.3, -0.25) is 4.79 Å². The molecule has 0 saturated carbocycles. The number of halogens is 4. The van der Waals surface area contributed by atoms with Gasteiger partial charge in [0.2, 0.25) is 0 Å². The molecule has 0 heterocycles. The Morgan fingerprint density at radius 2 is 2.00 bits per heavy atom. The summed E-state index contributed by atoms with van der Waals surface area (Å²) in [5.41, 5.74) is -1.57. The molecule has 1 aromatic rings. The third kappa shape index (κ3) is 3.59. The Morgan fingerprint density at radius 1 is 1.33 bits per heavy atom. The van der Waals surface area contributed by atoms with Crippen molar-refractivity contribution < 1.29 is 22.4 Å². The summed E-state index contributed by atoms with van der Waals surface area (Å²) in [7, 11) is 0. The fraction of sp³-hybridized carbons (Fsp3) is 0.308. The summed E-state index contributed by atoms with van der Waals surface area (Å²) < 4.78 is 50.3. The molecule has 1 rings (SSSR count). The Bertz CT molecular complexity index is 506. The van der Waals surface area contributed by atoms with Crippen LogP contribution in [0.2, 0.25) is 0 Å². The monoisotopic (exact) mass is 258 g/mol. The number of carbonyl (C=O) groups excluding carboxylic acids is 1. The molecule has 0 aliphatic carbocycles. The minimum Gasteiger partial charge on any atom is -0.294 e. The van der Waals surface area contributed by atoms with E-state index in [9.17, 15) is 22.4 Å². The highest BCUT2D eigenvalue weighted by Crippen LogP contribution is 2.32. The van der Waals surface area contributed by atoms with E-state index < -0.39 is 23.3 Å². The number of alkyl halides is 3. The summed E-state index contributed by atoms with van der Waals surface area (Å²) in [6, 6.07) is 2.24. The second-order valence-electron chi connectivity index (χ2n) is 3.54. The van der Waals surface area contributed by atoms with Gasteiger partial charge in [0.1, 0.15) is 5.82 Å². The molecule has 0 unspecified atom stereocenters. The van der Waals surface area contributed by atoms with Gasteiger partial charge in [-0.05, 0) is 25.1 Å². The minimum atomic E-state index is -4.80. The van der Waals surface area contributed by atoms with Crippen molar-refractivity contribution in [3.8, 4) is 11.8 Å². The van der Waals surface area contributed by atoms with Crippen LogP contribution in [0.5, 0.6) is 0 Å². The van der Waals surface area contributed by atoms with Crippen LogP contribution in [-0.2, 0) is 6.18 Å². The van der Waals surface area contributed by atoms with Crippen molar-refractivity contribution in [3.05, 3.63) is 35.1 Å². The first-order valence-electron chi connectivity index (χ1n) is 5.16. The van der Waals surface area contributed by atoms with Crippen molar-refractivity contribution in [1.29, 1.82) is 0 Å². The number of hydrogen-bond acceptors (Lipinski definition) is 1. The number of benzene rings is 1. The van der Waals surface area contributed by atoms with Crippen molar-refractivity contribution >= 4 is 5.78 Å². The Morgan fingerprint density at radius 3 is 2.56 bits per heavy atom. The van der Waals surface area contributed by atoms with E-state index >= 15 is 0 Å². The van der Waals surface area contributed by atoms with Gasteiger partial charge in [0, 0.05) is 18.4 Å². The summed E-state index contributed by atoms with van der Waals surface area (Å²) in [5.74, 6) is 3.35. The lowest BCUT2D eigenvalue weighted by Gasteiger charge is -2.09. The van der Waals surface area contributed by atoms with E-state index in [2.05, 4.69) is 11.8 Å². The summed E-state index contributed by atoms with van der Waals surface area (Å²) in [6.07, 6.45) is -4.51. The van der Waals surface area contributed by atoms with Crippen LogP contribution >= 0.6 is 0 Å². The Hall–Kier alpha value is -1.83. The molecule has 0 N–H and O–H groups in total. The summed E-state index contributed by atoms with van der Waals surface area (Å²) >= 11 is 0. The van der Waals surface area contributed by atoms with Gasteiger partial charge in [-0.25, -0.2) is 4.39 Å². The third-order valence-electron chi connectivity index (χ3n) is 2.25. The minimum absolute atomic E-state index is 0.0176. The first kappa shape index (κ1) is 14.2. The van der Waals surface area contributed by atoms with Crippen LogP contribution in [0, 0.1) is 17.7 Å². The van der Waals surface area contributed by atoms with Crippen molar-refractivity contribution in [1.82, 2.24) is 0 Å². The zero-order chi connectivity index (χ0) is 13.8. The molecule has 0 spiro atoms. The molecule has 0 bridgehead atoms. The Labute approximate surface area is 102 Å². The fourth-order valence-corrected chi connectivity index (χ4v) is 1.36. The van der Waals surface area contributed by atoms with Gasteiger partial charge in [-0.2, -0.15) is 13.2 Å². The second-order valence-corrected chi connectivity index (χ2v) is 3.54. The molecule has 0 amide bonds. The number of hydrogen-bond donors (Lipinski definition) is 0. The highest BCUT2D eigenvalue weighted by molar-refractivity contribution is 5.96. The summed E-state index contributed by atoms with van der Waals surface area (Å²) in [6.45, 7) is 1.60. The molecule has 0 atom stereocenters. The van der Waals surface area contributed by atoms with E-state index in [1.165, 1.54) is 0 Å². The normalized spacial score (nSPS) is 10.7. The van der Waals surface area contributed by atoms with Gasteiger partial charge in [0.25, 0.3) is 0 Å². The predicted molar refractivity (Wildman–Crippen MR) is 58.4 cm³/mol. The fourth-order valence-electron chi connectivity index (χ4n) is 1.36. The van der Waals surface area contributed by atoms with Crippen LogP contribution in [0.1, 0.15) is 35.7 Å². The van der Waals surface area contributed by atoms with Crippen molar-refractivity contribution in [2.45, 2.75) is 25.9 Å². The summed E-state index contributed by atoms with van der Waals surface area (Å²) in [5, 5.41) is 0. The molecule has 0 aromatic heterocycles. The maximum Gasteiger partial charge on any atom is 0.419 e. The predicted octanol–water partition coefficient (Wildman–Crippen LogP) is 3.83. The lowest BCUT2D eigenvalue weighted by Crippen LogP contribution is -2.10. The maximum atomic E-state index is 13.0. The summed E-state index contributed by atoms with van der Waals surface area (Å²) in [4.78, 5) is 11.6. The number of carbonyl (C=O) groups is 1. The van der Waals surface area contributed by atoms with E-state index in [1.807, 2.05) is 0 Å². The van der Waals surface area contributed by atoms with Crippen LogP contribution in [0.15, 0.2) is 18.2 Å². The van der Waals surface area contributed by atoms with Gasteiger partial charge in [0.05, 0.1) is 5.56 Å². The molecule has 0 aliphatic rings. The van der Waals surface area contributed by atoms with Crippen molar-refractivity contribution in [2.24, 2.45) is 0 Å². The molecule has 96 valence electrons. The molecular weight excluding hydrogens is 248 g/mol. The Kier molecular flexibility index (Phi) is 4.49.